The fourth-order valence-electron chi connectivity index (χ4n) is 1.70. The van der Waals surface area contributed by atoms with E-state index in [-0.39, 0.29) is 5.78 Å². The summed E-state index contributed by atoms with van der Waals surface area (Å²) in [6, 6.07) is 7.54. The van der Waals surface area contributed by atoms with Crippen LogP contribution in [0.5, 0.6) is 5.75 Å². The molecule has 0 saturated heterocycles. The van der Waals surface area contributed by atoms with Crippen molar-refractivity contribution in [3.63, 3.8) is 0 Å². The first kappa shape index (κ1) is 11.9. The molecule has 17 heavy (non-hydrogen) atoms. The van der Waals surface area contributed by atoms with Gasteiger partial charge in [-0.2, -0.15) is 0 Å². The van der Waals surface area contributed by atoms with Crippen LogP contribution < -0.4 is 4.74 Å². The highest BCUT2D eigenvalue weighted by molar-refractivity contribution is 7.10. The molecule has 0 unspecified atom stereocenters. The Morgan fingerprint density at radius 3 is 2.59 bits per heavy atom. The number of benzene rings is 1. The van der Waals surface area contributed by atoms with Crippen LogP contribution in [0.15, 0.2) is 29.6 Å². The molecule has 2 nitrogen and oxygen atoms in total. The predicted molar refractivity (Wildman–Crippen MR) is 70.2 cm³/mol. The minimum atomic E-state index is 0.0196. The maximum Gasteiger partial charge on any atom is 0.197 e. The number of ether oxygens (including phenoxy) is 1. The summed E-state index contributed by atoms with van der Waals surface area (Å²) in [7, 11) is 1.59. The summed E-state index contributed by atoms with van der Waals surface area (Å²) in [6.07, 6.45) is 0. The first-order valence-electron chi connectivity index (χ1n) is 5.36. The van der Waals surface area contributed by atoms with E-state index in [1.165, 1.54) is 0 Å². The van der Waals surface area contributed by atoms with Gasteiger partial charge in [-0.15, -0.1) is 11.3 Å². The summed E-state index contributed by atoms with van der Waals surface area (Å²) in [5.41, 5.74) is 2.44. The second kappa shape index (κ2) is 4.72. The number of ketones is 1. The van der Waals surface area contributed by atoms with Crippen molar-refractivity contribution in [2.24, 2.45) is 0 Å². The molecule has 0 aliphatic heterocycles. The molecular formula is C14H14O2S. The summed E-state index contributed by atoms with van der Waals surface area (Å²) in [5.74, 6) is 0.657. The number of thiophene rings is 1. The molecule has 2 rings (SSSR count). The molecule has 0 saturated carbocycles. The number of aryl methyl sites for hydroxylation is 2. The normalized spacial score (nSPS) is 10.3. The lowest BCUT2D eigenvalue weighted by atomic mass is 10.0. The molecule has 0 atom stereocenters. The Kier molecular flexibility index (Phi) is 3.29. The highest BCUT2D eigenvalue weighted by Gasteiger charge is 2.15. The van der Waals surface area contributed by atoms with Crippen molar-refractivity contribution in [1.29, 1.82) is 0 Å². The van der Waals surface area contributed by atoms with Crippen LogP contribution in [-0.4, -0.2) is 12.9 Å². The molecular weight excluding hydrogens is 232 g/mol. The third-order valence-corrected chi connectivity index (χ3v) is 3.46. The van der Waals surface area contributed by atoms with E-state index in [4.69, 9.17) is 4.74 Å². The lowest BCUT2D eigenvalue weighted by molar-refractivity contribution is 0.103. The lowest BCUT2D eigenvalue weighted by Crippen LogP contribution is -2.03. The van der Waals surface area contributed by atoms with Gasteiger partial charge in [-0.3, -0.25) is 4.79 Å². The van der Waals surface area contributed by atoms with Gasteiger partial charge < -0.3 is 4.74 Å². The molecule has 0 amide bonds. The second-order valence-electron chi connectivity index (χ2n) is 3.98. The molecule has 1 aromatic carbocycles. The second-order valence-corrected chi connectivity index (χ2v) is 5.09. The predicted octanol–water partition coefficient (Wildman–Crippen LogP) is 3.60. The van der Waals surface area contributed by atoms with Gasteiger partial charge in [0.15, 0.2) is 5.78 Å². The summed E-state index contributed by atoms with van der Waals surface area (Å²) in [5, 5.41) is 1.89. The van der Waals surface area contributed by atoms with Gasteiger partial charge in [-0.25, -0.2) is 0 Å². The minimum absolute atomic E-state index is 0.0196. The molecule has 88 valence electrons. The Bertz CT molecular complexity index is 555. The Hall–Kier alpha value is -1.61. The van der Waals surface area contributed by atoms with E-state index < -0.39 is 0 Å². The summed E-state index contributed by atoms with van der Waals surface area (Å²) < 4.78 is 5.26. The Morgan fingerprint density at radius 1 is 1.24 bits per heavy atom. The van der Waals surface area contributed by atoms with Crippen molar-refractivity contribution in [3.05, 3.63) is 51.2 Å². The zero-order chi connectivity index (χ0) is 12.4. The fourth-order valence-corrected chi connectivity index (χ4v) is 2.39. The number of carbonyl (C=O) groups excluding carboxylic acids is 1. The third kappa shape index (κ3) is 2.39. The molecule has 3 heteroatoms. The van der Waals surface area contributed by atoms with E-state index in [1.807, 2.05) is 43.5 Å². The van der Waals surface area contributed by atoms with Crippen LogP contribution in [0.3, 0.4) is 0 Å². The number of carbonyl (C=O) groups is 1. The zero-order valence-electron chi connectivity index (χ0n) is 10.1. The van der Waals surface area contributed by atoms with Crippen molar-refractivity contribution in [2.45, 2.75) is 13.8 Å². The number of rotatable bonds is 3. The van der Waals surface area contributed by atoms with Gasteiger partial charge in [0, 0.05) is 15.8 Å². The average molecular weight is 246 g/mol. The maximum atomic E-state index is 12.3. The highest BCUT2D eigenvalue weighted by Crippen LogP contribution is 2.24. The van der Waals surface area contributed by atoms with Gasteiger partial charge in [-0.1, -0.05) is 6.07 Å². The zero-order valence-corrected chi connectivity index (χ0v) is 10.9. The van der Waals surface area contributed by atoms with Crippen molar-refractivity contribution in [2.75, 3.05) is 7.11 Å². The molecule has 2 aromatic rings. The highest BCUT2D eigenvalue weighted by atomic mass is 32.1. The Balaban J connectivity index is 2.43. The largest absolute Gasteiger partial charge is 0.496 e. The average Bonchev–Trinajstić information content (AvgIpc) is 2.75. The van der Waals surface area contributed by atoms with Crippen molar-refractivity contribution >= 4 is 17.1 Å². The Labute approximate surface area is 105 Å². The van der Waals surface area contributed by atoms with Gasteiger partial charge in [0.05, 0.1) is 12.7 Å². The van der Waals surface area contributed by atoms with E-state index in [0.29, 0.717) is 11.3 Å². The lowest BCUT2D eigenvalue weighted by Gasteiger charge is -2.07. The quantitative estimate of drug-likeness (QED) is 0.773. The molecule has 0 bridgehead atoms. The van der Waals surface area contributed by atoms with Crippen LogP contribution in [0.25, 0.3) is 0 Å². The van der Waals surface area contributed by atoms with Gasteiger partial charge in [-0.05, 0) is 37.6 Å². The van der Waals surface area contributed by atoms with Crippen LogP contribution in [0, 0.1) is 13.8 Å². The van der Waals surface area contributed by atoms with Gasteiger partial charge in [0.25, 0.3) is 0 Å². The molecule has 0 spiro atoms. The van der Waals surface area contributed by atoms with Gasteiger partial charge in [0.1, 0.15) is 5.75 Å². The molecule has 1 aromatic heterocycles. The smallest absolute Gasteiger partial charge is 0.197 e. The first-order chi connectivity index (χ1) is 8.11. The topological polar surface area (TPSA) is 26.3 Å². The Morgan fingerprint density at radius 2 is 2.00 bits per heavy atom. The number of hydrogen-bond donors (Lipinski definition) is 0. The van der Waals surface area contributed by atoms with Gasteiger partial charge >= 0.3 is 0 Å². The monoisotopic (exact) mass is 246 g/mol. The van der Waals surface area contributed by atoms with E-state index in [0.717, 1.165) is 16.0 Å². The summed E-state index contributed by atoms with van der Waals surface area (Å²) in [4.78, 5) is 13.4. The minimum Gasteiger partial charge on any atom is -0.496 e. The van der Waals surface area contributed by atoms with Crippen LogP contribution >= 0.6 is 11.3 Å². The van der Waals surface area contributed by atoms with Gasteiger partial charge in [0.2, 0.25) is 0 Å². The van der Waals surface area contributed by atoms with E-state index in [9.17, 15) is 4.79 Å². The summed E-state index contributed by atoms with van der Waals surface area (Å²) in [6.45, 7) is 3.97. The van der Waals surface area contributed by atoms with Crippen molar-refractivity contribution in [1.82, 2.24) is 0 Å². The maximum absolute atomic E-state index is 12.3. The fraction of sp³-hybridized carbons (Fsp3) is 0.214. The molecule has 0 N–H and O–H groups in total. The molecule has 1 heterocycles. The first-order valence-corrected chi connectivity index (χ1v) is 6.24. The third-order valence-electron chi connectivity index (χ3n) is 2.59. The standard InChI is InChI=1S/C14H14O2S/c1-9-4-5-12(13(6-9)16-3)14(15)11-7-10(2)17-8-11/h4-8H,1-3H3. The SMILES string of the molecule is COc1cc(C)ccc1C(=O)c1csc(C)c1. The number of hydrogen-bond acceptors (Lipinski definition) is 3. The summed E-state index contributed by atoms with van der Waals surface area (Å²) >= 11 is 1.58. The van der Waals surface area contributed by atoms with Crippen LogP contribution in [0.1, 0.15) is 26.4 Å². The molecule has 0 radical (unpaired) electrons. The van der Waals surface area contributed by atoms with Crippen molar-refractivity contribution < 1.29 is 9.53 Å². The van der Waals surface area contributed by atoms with E-state index >= 15 is 0 Å². The van der Waals surface area contributed by atoms with Crippen LogP contribution in [0.2, 0.25) is 0 Å². The molecule has 0 aliphatic rings. The van der Waals surface area contributed by atoms with Crippen LogP contribution in [-0.2, 0) is 0 Å². The van der Waals surface area contributed by atoms with Crippen LogP contribution in [0.4, 0.5) is 0 Å². The van der Waals surface area contributed by atoms with Crippen molar-refractivity contribution in [3.8, 4) is 5.75 Å². The molecule has 0 aliphatic carbocycles. The van der Waals surface area contributed by atoms with E-state index in [1.54, 1.807) is 18.4 Å². The van der Waals surface area contributed by atoms with E-state index in [2.05, 4.69) is 0 Å². The number of methoxy groups -OCH3 is 1. The molecule has 0 fully saturated rings.